The number of carbonyl (C=O) groups is 2. The lowest BCUT2D eigenvalue weighted by molar-refractivity contribution is -0.191. The smallest absolute Gasteiger partial charge is 0.373 e. The summed E-state index contributed by atoms with van der Waals surface area (Å²) in [6.45, 7) is 2.37. The van der Waals surface area contributed by atoms with Crippen molar-refractivity contribution in [3.63, 3.8) is 0 Å². The van der Waals surface area contributed by atoms with Crippen molar-refractivity contribution in [2.24, 2.45) is 0 Å². The van der Waals surface area contributed by atoms with Gasteiger partial charge in [0.1, 0.15) is 10.1 Å². The number of halogens is 1. The molecule has 25 heavy (non-hydrogen) atoms. The van der Waals surface area contributed by atoms with E-state index < -0.39 is 0 Å². The number of allylic oxidation sites excluding steroid dienone is 1. The number of thiocarbonyl (C=S) groups is 1. The molecule has 9 heteroatoms. The van der Waals surface area contributed by atoms with Crippen molar-refractivity contribution in [1.29, 1.82) is 0 Å². The van der Waals surface area contributed by atoms with Crippen LogP contribution < -0.4 is 4.74 Å². The van der Waals surface area contributed by atoms with Gasteiger partial charge in [-0.05, 0) is 24.6 Å². The van der Waals surface area contributed by atoms with Crippen molar-refractivity contribution in [3.8, 4) is 5.75 Å². The third-order valence-corrected chi connectivity index (χ3v) is 5.58. The van der Waals surface area contributed by atoms with Gasteiger partial charge in [0.15, 0.2) is 5.78 Å². The quantitative estimate of drug-likeness (QED) is 0.515. The summed E-state index contributed by atoms with van der Waals surface area (Å²) in [5, 5.41) is 0. The summed E-state index contributed by atoms with van der Waals surface area (Å²) in [7, 11) is 1.57. The highest BCUT2D eigenvalue weighted by Crippen LogP contribution is 2.44. The minimum Gasteiger partial charge on any atom is -0.496 e. The van der Waals surface area contributed by atoms with E-state index in [-0.39, 0.29) is 24.3 Å². The highest BCUT2D eigenvalue weighted by molar-refractivity contribution is 9.10. The molecule has 0 spiro atoms. The standard InChI is InChI=1S/C15H12BrNO3S2.CO2/c1-3-17-14(19)13(22-15(17)21)12-9-4-7(16)5-11(20-2)8(9)6-10(12)18;2-1-3/h4-5H,3,6H2,1-2H3;/b13-12-;. The maximum Gasteiger partial charge on any atom is 0.373 e. The molecular formula is C16H12BrNO5S2. The Hall–Kier alpha value is -1.80. The van der Waals surface area contributed by atoms with Crippen LogP contribution >= 0.6 is 39.9 Å². The Morgan fingerprint density at radius 3 is 2.52 bits per heavy atom. The third-order valence-electron chi connectivity index (χ3n) is 3.67. The van der Waals surface area contributed by atoms with Crippen molar-refractivity contribution in [2.45, 2.75) is 13.3 Å². The third kappa shape index (κ3) is 3.59. The van der Waals surface area contributed by atoms with Gasteiger partial charge in [0.25, 0.3) is 5.91 Å². The number of carbonyl (C=O) groups excluding carboxylic acids is 4. The highest BCUT2D eigenvalue weighted by atomic mass is 79.9. The van der Waals surface area contributed by atoms with Gasteiger partial charge in [-0.2, -0.15) is 9.59 Å². The zero-order chi connectivity index (χ0) is 18.7. The molecule has 1 amide bonds. The van der Waals surface area contributed by atoms with Crippen LogP contribution in [-0.4, -0.2) is 40.7 Å². The van der Waals surface area contributed by atoms with Gasteiger partial charge in [-0.3, -0.25) is 14.5 Å². The van der Waals surface area contributed by atoms with Crippen molar-refractivity contribution >= 4 is 67.6 Å². The van der Waals surface area contributed by atoms with Gasteiger partial charge in [0, 0.05) is 28.6 Å². The van der Waals surface area contributed by atoms with Gasteiger partial charge >= 0.3 is 6.15 Å². The van der Waals surface area contributed by atoms with Crippen LogP contribution in [0.3, 0.4) is 0 Å². The Bertz CT molecular complexity index is 843. The van der Waals surface area contributed by atoms with E-state index in [1.165, 1.54) is 16.7 Å². The first-order valence-electron chi connectivity index (χ1n) is 7.06. The molecule has 6 nitrogen and oxygen atoms in total. The van der Waals surface area contributed by atoms with Crippen molar-refractivity contribution in [1.82, 2.24) is 4.90 Å². The molecule has 1 aliphatic carbocycles. The first-order chi connectivity index (χ1) is 11.9. The number of thioether (sulfide) groups is 1. The summed E-state index contributed by atoms with van der Waals surface area (Å²) < 4.78 is 6.66. The molecule has 0 radical (unpaired) electrons. The van der Waals surface area contributed by atoms with Crippen LogP contribution in [0.2, 0.25) is 0 Å². The van der Waals surface area contributed by atoms with Crippen LogP contribution in [0.4, 0.5) is 0 Å². The molecule has 3 rings (SSSR count). The molecule has 0 saturated carbocycles. The number of hydrogen-bond acceptors (Lipinski definition) is 7. The highest BCUT2D eigenvalue weighted by Gasteiger charge is 2.39. The van der Waals surface area contributed by atoms with Gasteiger partial charge in [-0.25, -0.2) is 0 Å². The lowest BCUT2D eigenvalue weighted by atomic mass is 10.1. The summed E-state index contributed by atoms with van der Waals surface area (Å²) in [5.41, 5.74) is 2.04. The largest absolute Gasteiger partial charge is 0.496 e. The molecule has 0 unspecified atom stereocenters. The van der Waals surface area contributed by atoms with Gasteiger partial charge in [-0.1, -0.05) is 39.9 Å². The minimum atomic E-state index is -0.187. The Kier molecular flexibility index (Phi) is 6.29. The number of rotatable bonds is 2. The van der Waals surface area contributed by atoms with Crippen molar-refractivity contribution in [2.75, 3.05) is 13.7 Å². The van der Waals surface area contributed by atoms with Gasteiger partial charge < -0.3 is 4.74 Å². The van der Waals surface area contributed by atoms with E-state index in [4.69, 9.17) is 26.5 Å². The number of likely N-dealkylation sites (N-methyl/N-ethyl adjacent to an activating group) is 1. The van der Waals surface area contributed by atoms with E-state index in [9.17, 15) is 9.59 Å². The first kappa shape index (κ1) is 19.5. The Morgan fingerprint density at radius 2 is 2.00 bits per heavy atom. The van der Waals surface area contributed by atoms with Crippen LogP contribution in [0.5, 0.6) is 5.75 Å². The van der Waals surface area contributed by atoms with E-state index >= 15 is 0 Å². The van der Waals surface area contributed by atoms with Crippen LogP contribution in [0.15, 0.2) is 21.5 Å². The second-order valence-corrected chi connectivity index (χ2v) is 7.50. The normalized spacial score (nSPS) is 18.7. The molecule has 0 aromatic heterocycles. The summed E-state index contributed by atoms with van der Waals surface area (Å²) in [6.07, 6.45) is 0.497. The lowest BCUT2D eigenvalue weighted by Crippen LogP contribution is -2.27. The molecular weight excluding hydrogens is 430 g/mol. The van der Waals surface area contributed by atoms with E-state index in [1.54, 1.807) is 7.11 Å². The molecule has 1 heterocycles. The van der Waals surface area contributed by atoms with Crippen LogP contribution in [-0.2, 0) is 25.6 Å². The predicted molar refractivity (Wildman–Crippen MR) is 98.9 cm³/mol. The predicted octanol–water partition coefficient (Wildman–Crippen LogP) is 2.59. The van der Waals surface area contributed by atoms with Gasteiger partial charge in [0.2, 0.25) is 0 Å². The number of fused-ring (bicyclic) bond motifs is 1. The maximum atomic E-state index is 12.5. The van der Waals surface area contributed by atoms with E-state index in [0.717, 1.165) is 15.6 Å². The summed E-state index contributed by atoms with van der Waals surface area (Å²) in [5.74, 6) is 0.398. The molecule has 1 aromatic rings. The van der Waals surface area contributed by atoms with Crippen LogP contribution in [0, 0.1) is 0 Å². The van der Waals surface area contributed by atoms with Crippen molar-refractivity contribution < 1.29 is 23.9 Å². The maximum absolute atomic E-state index is 12.5. The zero-order valence-electron chi connectivity index (χ0n) is 13.3. The fourth-order valence-corrected chi connectivity index (χ4v) is 4.59. The number of ketones is 1. The number of benzene rings is 1. The molecule has 1 fully saturated rings. The fourth-order valence-electron chi connectivity index (χ4n) is 2.67. The van der Waals surface area contributed by atoms with E-state index in [2.05, 4.69) is 15.9 Å². The minimum absolute atomic E-state index is 0.0667. The second-order valence-electron chi connectivity index (χ2n) is 4.94. The first-order valence-corrected chi connectivity index (χ1v) is 9.08. The van der Waals surface area contributed by atoms with E-state index in [1.807, 2.05) is 19.1 Å². The Balaban J connectivity index is 0.000000701. The summed E-state index contributed by atoms with van der Waals surface area (Å²) in [6, 6.07) is 3.68. The summed E-state index contributed by atoms with van der Waals surface area (Å²) >= 11 is 9.85. The number of hydrogen-bond donors (Lipinski definition) is 0. The van der Waals surface area contributed by atoms with E-state index in [0.29, 0.717) is 27.1 Å². The molecule has 130 valence electrons. The Labute approximate surface area is 161 Å². The monoisotopic (exact) mass is 441 g/mol. The summed E-state index contributed by atoms with van der Waals surface area (Å²) in [4.78, 5) is 43.2. The van der Waals surface area contributed by atoms with Gasteiger partial charge in [0.05, 0.1) is 12.0 Å². The number of nitrogens with zero attached hydrogens (tertiary/aromatic N) is 1. The molecule has 2 aliphatic rings. The molecule has 1 aliphatic heterocycles. The number of Topliss-reactive ketones (excluding diaryl/α,β-unsaturated/α-hetero) is 1. The number of methoxy groups -OCH3 is 1. The SMILES string of the molecule is CCN1C(=O)/C(=C2/C(=O)Cc3c(OC)cc(Br)cc32)SC1=S.O=C=O. The second kappa shape index (κ2) is 8.05. The zero-order valence-corrected chi connectivity index (χ0v) is 16.5. The average Bonchev–Trinajstić information content (AvgIpc) is 3.02. The molecule has 0 N–H and O–H groups in total. The van der Waals surface area contributed by atoms with Gasteiger partial charge in [-0.15, -0.1) is 0 Å². The topological polar surface area (TPSA) is 80.8 Å². The lowest BCUT2D eigenvalue weighted by Gasteiger charge is -2.10. The van der Waals surface area contributed by atoms with Crippen LogP contribution in [0.25, 0.3) is 5.57 Å². The Morgan fingerprint density at radius 1 is 1.36 bits per heavy atom. The molecule has 0 atom stereocenters. The number of ether oxygens (including phenoxy) is 1. The molecule has 1 aromatic carbocycles. The average molecular weight is 442 g/mol. The molecule has 0 bridgehead atoms. The molecule has 1 saturated heterocycles. The fraction of sp³-hybridized carbons (Fsp3) is 0.250. The van der Waals surface area contributed by atoms with Crippen LogP contribution in [0.1, 0.15) is 18.1 Å². The number of amides is 1. The van der Waals surface area contributed by atoms with Crippen molar-refractivity contribution in [3.05, 3.63) is 32.6 Å².